The molecule has 140 valence electrons. The molecule has 2 N–H and O–H groups in total. The highest BCUT2D eigenvalue weighted by molar-refractivity contribution is 9.10. The van der Waals surface area contributed by atoms with Gasteiger partial charge in [-0.05, 0) is 68.7 Å². The summed E-state index contributed by atoms with van der Waals surface area (Å²) in [5.74, 6) is -0.846. The number of hydrogen-bond donors (Lipinski definition) is 2. The molecule has 0 saturated heterocycles. The van der Waals surface area contributed by atoms with Gasteiger partial charge in [-0.25, -0.2) is 9.02 Å². The van der Waals surface area contributed by atoms with Crippen LogP contribution in [-0.2, 0) is 4.94 Å². The lowest BCUT2D eigenvalue weighted by atomic mass is 10.1. The Morgan fingerprint density at radius 2 is 2.07 bits per heavy atom. The Bertz CT molecular complexity index is 1060. The first kappa shape index (κ1) is 19.0. The summed E-state index contributed by atoms with van der Waals surface area (Å²) in [5, 5.41) is 22.1. The second-order valence-electron chi connectivity index (χ2n) is 5.20. The van der Waals surface area contributed by atoms with Crippen molar-refractivity contribution in [2.45, 2.75) is 0 Å². The molecule has 3 rings (SSSR count). The minimum absolute atomic E-state index is 0.0336. The molecule has 9 nitrogen and oxygen atoms in total. The molecule has 1 aromatic heterocycles. The molecule has 3 aromatic rings. The van der Waals surface area contributed by atoms with Gasteiger partial charge in [-0.15, -0.1) is 0 Å². The third-order valence-electron chi connectivity index (χ3n) is 3.33. The second-order valence-corrected chi connectivity index (χ2v) is 6.05. The van der Waals surface area contributed by atoms with E-state index in [-0.39, 0.29) is 16.0 Å². The number of nitrogens with zero attached hydrogens (tertiary/aromatic N) is 4. The molecule has 0 fully saturated rings. The van der Waals surface area contributed by atoms with Crippen LogP contribution in [0.1, 0.15) is 21.6 Å². The minimum Gasteiger partial charge on any atom is -0.302 e. The quantitative estimate of drug-likeness (QED) is 0.440. The van der Waals surface area contributed by atoms with Crippen LogP contribution in [0.3, 0.4) is 0 Å². The van der Waals surface area contributed by atoms with Gasteiger partial charge in [0.15, 0.2) is 5.69 Å². The first-order chi connectivity index (χ1) is 13.6. The molecule has 28 heavy (non-hydrogen) atoms. The molecule has 1 amide bonds. The standard InChI is InChI=1S/C17H10BrFN6O3/c18-13-7-12(5-6-14(13)19)23-27-21-9-15-16(25-28-24-15)22-17(26)11-3-1-10(8-20)2-4-11/h1-7,9,23H,(H,22,25,26)/b21-9+. The van der Waals surface area contributed by atoms with Crippen molar-refractivity contribution in [1.82, 2.24) is 10.3 Å². The van der Waals surface area contributed by atoms with Crippen LogP contribution in [0.4, 0.5) is 15.9 Å². The number of hydrogen-bond acceptors (Lipinski definition) is 8. The summed E-state index contributed by atoms with van der Waals surface area (Å²) in [6, 6.07) is 12.2. The number of nitrogens with one attached hydrogen (secondary N) is 2. The molecule has 0 spiro atoms. The van der Waals surface area contributed by atoms with Gasteiger partial charge in [0.05, 0.1) is 21.8 Å². The number of anilines is 2. The molecule has 11 heteroatoms. The molecule has 0 aliphatic heterocycles. The summed E-state index contributed by atoms with van der Waals surface area (Å²) in [6.45, 7) is 0. The minimum atomic E-state index is -0.468. The number of carbonyl (C=O) groups is 1. The Morgan fingerprint density at radius 1 is 1.29 bits per heavy atom. The van der Waals surface area contributed by atoms with E-state index >= 15 is 0 Å². The van der Waals surface area contributed by atoms with Crippen LogP contribution in [0.5, 0.6) is 0 Å². The average molecular weight is 445 g/mol. The van der Waals surface area contributed by atoms with E-state index in [9.17, 15) is 9.18 Å². The van der Waals surface area contributed by atoms with Crippen molar-refractivity contribution in [3.8, 4) is 6.07 Å². The SMILES string of the molecule is N#Cc1ccc(C(=O)Nc2nonc2/C=N/ONc2ccc(F)c(Br)c2)cc1. The van der Waals surface area contributed by atoms with Crippen molar-refractivity contribution < 1.29 is 18.8 Å². The fourth-order valence-corrected chi connectivity index (χ4v) is 2.34. The molecule has 0 bridgehead atoms. The molecule has 0 atom stereocenters. The Labute approximate surface area is 165 Å². The average Bonchev–Trinajstić information content (AvgIpc) is 3.14. The van der Waals surface area contributed by atoms with E-state index in [2.05, 4.69) is 46.8 Å². The predicted molar refractivity (Wildman–Crippen MR) is 99.8 cm³/mol. The van der Waals surface area contributed by atoms with Gasteiger partial charge in [-0.2, -0.15) is 10.7 Å². The highest BCUT2D eigenvalue weighted by Gasteiger charge is 2.13. The van der Waals surface area contributed by atoms with Gasteiger partial charge in [0.1, 0.15) is 12.0 Å². The molecule has 0 unspecified atom stereocenters. The second kappa shape index (κ2) is 8.74. The van der Waals surface area contributed by atoms with E-state index < -0.39 is 11.7 Å². The normalized spacial score (nSPS) is 10.5. The first-order valence-corrected chi connectivity index (χ1v) is 8.40. The molecule has 2 aromatic carbocycles. The zero-order valence-electron chi connectivity index (χ0n) is 13.9. The number of aromatic nitrogens is 2. The van der Waals surface area contributed by atoms with Crippen molar-refractivity contribution in [2.24, 2.45) is 5.16 Å². The molecule has 0 radical (unpaired) electrons. The summed E-state index contributed by atoms with van der Waals surface area (Å²) in [5.41, 5.74) is 3.82. The Kier molecular flexibility index (Phi) is 5.93. The summed E-state index contributed by atoms with van der Waals surface area (Å²) in [6.07, 6.45) is 1.16. The van der Waals surface area contributed by atoms with Gasteiger partial charge in [0, 0.05) is 5.56 Å². The highest BCUT2D eigenvalue weighted by Crippen LogP contribution is 2.20. The van der Waals surface area contributed by atoms with E-state index in [1.54, 1.807) is 0 Å². The van der Waals surface area contributed by atoms with Crippen LogP contribution < -0.4 is 10.8 Å². The summed E-state index contributed by atoms with van der Waals surface area (Å²) in [4.78, 5) is 17.1. The van der Waals surface area contributed by atoms with Crippen LogP contribution in [0, 0.1) is 17.1 Å². The lowest BCUT2D eigenvalue weighted by Gasteiger charge is -2.03. The van der Waals surface area contributed by atoms with Gasteiger partial charge < -0.3 is 5.32 Å². The number of oxime groups is 1. The van der Waals surface area contributed by atoms with Crippen LogP contribution in [0.2, 0.25) is 0 Å². The summed E-state index contributed by atoms with van der Waals surface area (Å²) in [7, 11) is 0. The molecular formula is C17H10BrFN6O3. The molecule has 0 saturated carbocycles. The van der Waals surface area contributed by atoms with Gasteiger partial charge in [-0.3, -0.25) is 9.73 Å². The Balaban J connectivity index is 1.59. The Morgan fingerprint density at radius 3 is 2.79 bits per heavy atom. The van der Waals surface area contributed by atoms with Crippen LogP contribution in [0.15, 0.2) is 56.7 Å². The zero-order chi connectivity index (χ0) is 19.9. The van der Waals surface area contributed by atoms with E-state index in [4.69, 9.17) is 10.2 Å². The van der Waals surface area contributed by atoms with Gasteiger partial charge in [-0.1, -0.05) is 5.16 Å². The highest BCUT2D eigenvalue weighted by atomic mass is 79.9. The lowest BCUT2D eigenvalue weighted by Crippen LogP contribution is -2.13. The third-order valence-corrected chi connectivity index (χ3v) is 3.94. The molecular weight excluding hydrogens is 435 g/mol. The van der Waals surface area contributed by atoms with E-state index in [0.29, 0.717) is 16.8 Å². The van der Waals surface area contributed by atoms with Crippen molar-refractivity contribution in [3.63, 3.8) is 0 Å². The number of halogens is 2. The van der Waals surface area contributed by atoms with E-state index in [1.807, 2.05) is 6.07 Å². The number of amides is 1. The summed E-state index contributed by atoms with van der Waals surface area (Å²) < 4.78 is 18.0. The molecule has 1 heterocycles. The van der Waals surface area contributed by atoms with Crippen molar-refractivity contribution in [2.75, 3.05) is 10.8 Å². The molecule has 0 aliphatic rings. The van der Waals surface area contributed by atoms with Crippen LogP contribution in [-0.4, -0.2) is 22.4 Å². The maximum absolute atomic E-state index is 13.2. The predicted octanol–water partition coefficient (Wildman–Crippen LogP) is 3.47. The number of nitriles is 1. The lowest BCUT2D eigenvalue weighted by molar-refractivity contribution is 0.102. The maximum Gasteiger partial charge on any atom is 0.256 e. The zero-order valence-corrected chi connectivity index (χ0v) is 15.5. The Hall–Kier alpha value is -3.78. The monoisotopic (exact) mass is 444 g/mol. The smallest absolute Gasteiger partial charge is 0.256 e. The summed E-state index contributed by atoms with van der Waals surface area (Å²) >= 11 is 3.05. The van der Waals surface area contributed by atoms with Gasteiger partial charge in [0.25, 0.3) is 5.91 Å². The fraction of sp³-hybridized carbons (Fsp3) is 0. The number of benzene rings is 2. The van der Waals surface area contributed by atoms with Crippen molar-refractivity contribution >= 4 is 39.6 Å². The van der Waals surface area contributed by atoms with Crippen LogP contribution >= 0.6 is 15.9 Å². The number of rotatable bonds is 6. The molecule has 0 aliphatic carbocycles. The van der Waals surface area contributed by atoms with Gasteiger partial charge in [0.2, 0.25) is 5.82 Å². The largest absolute Gasteiger partial charge is 0.302 e. The number of carbonyl (C=O) groups excluding carboxylic acids is 1. The van der Waals surface area contributed by atoms with Crippen LogP contribution in [0.25, 0.3) is 0 Å². The maximum atomic E-state index is 13.2. The first-order valence-electron chi connectivity index (χ1n) is 7.61. The third kappa shape index (κ3) is 4.68. The van der Waals surface area contributed by atoms with Gasteiger partial charge >= 0.3 is 0 Å². The van der Waals surface area contributed by atoms with Crippen molar-refractivity contribution in [3.05, 3.63) is 69.6 Å². The van der Waals surface area contributed by atoms with Crippen molar-refractivity contribution in [1.29, 1.82) is 5.26 Å². The fourth-order valence-electron chi connectivity index (χ4n) is 1.96. The topological polar surface area (TPSA) is 125 Å². The van der Waals surface area contributed by atoms with E-state index in [1.165, 1.54) is 42.5 Å². The van der Waals surface area contributed by atoms with E-state index in [0.717, 1.165) is 6.21 Å².